The van der Waals surface area contributed by atoms with Crippen LogP contribution in [0.25, 0.3) is 5.69 Å². The molecule has 1 fully saturated rings. The Morgan fingerprint density at radius 2 is 1.91 bits per heavy atom. The van der Waals surface area contributed by atoms with Crippen LogP contribution in [0.3, 0.4) is 0 Å². The van der Waals surface area contributed by atoms with Gasteiger partial charge in [-0.1, -0.05) is 18.2 Å². The van der Waals surface area contributed by atoms with Gasteiger partial charge in [-0.2, -0.15) is 0 Å². The van der Waals surface area contributed by atoms with Gasteiger partial charge in [0.2, 0.25) is 0 Å². The van der Waals surface area contributed by atoms with Crippen LogP contribution >= 0.6 is 12.2 Å². The second-order valence-electron chi connectivity index (χ2n) is 8.33. The molecule has 0 aliphatic carbocycles. The number of hydrogen-bond acceptors (Lipinski definition) is 3. The summed E-state index contributed by atoms with van der Waals surface area (Å²) in [5.74, 6) is 0.883. The maximum absolute atomic E-state index is 5.80. The Balaban J connectivity index is 1.63. The largest absolute Gasteiger partial charge is 0.467 e. The minimum absolute atomic E-state index is 0.00717. The van der Waals surface area contributed by atoms with Crippen molar-refractivity contribution in [3.05, 3.63) is 107 Å². The highest BCUT2D eigenvalue weighted by molar-refractivity contribution is 7.80. The Hall–Kier alpha value is -3.38. The molecule has 4 aromatic rings. The van der Waals surface area contributed by atoms with Crippen molar-refractivity contribution in [2.75, 3.05) is 0 Å². The number of thiocarbonyl (C=S) groups is 1. The lowest BCUT2D eigenvalue weighted by molar-refractivity contribution is 0.286. The molecule has 1 aliphatic heterocycles. The summed E-state index contributed by atoms with van der Waals surface area (Å²) in [4.78, 5) is 6.87. The number of benzene rings is 1. The van der Waals surface area contributed by atoms with Crippen molar-refractivity contribution in [1.82, 2.24) is 19.8 Å². The third kappa shape index (κ3) is 3.60. The van der Waals surface area contributed by atoms with E-state index >= 15 is 0 Å². The van der Waals surface area contributed by atoms with E-state index in [0.717, 1.165) is 11.5 Å². The van der Waals surface area contributed by atoms with Crippen LogP contribution in [0, 0.1) is 20.8 Å². The zero-order chi connectivity index (χ0) is 22.2. The fourth-order valence-corrected chi connectivity index (χ4v) is 5.04. The second kappa shape index (κ2) is 8.28. The molecule has 1 N–H and O–H groups in total. The summed E-state index contributed by atoms with van der Waals surface area (Å²) in [5, 5.41) is 4.24. The summed E-state index contributed by atoms with van der Waals surface area (Å²) in [6.07, 6.45) is 3.54. The SMILES string of the molecule is Cc1cccc(-n2c(C)cc([C@H]3[C@@H](c4ccccn4)NC(=S)N3Cc3ccco3)c2C)c1. The lowest BCUT2D eigenvalue weighted by Gasteiger charge is -2.27. The second-order valence-corrected chi connectivity index (χ2v) is 8.72. The van der Waals surface area contributed by atoms with Gasteiger partial charge < -0.3 is 19.2 Å². The van der Waals surface area contributed by atoms with Crippen molar-refractivity contribution in [1.29, 1.82) is 0 Å². The van der Waals surface area contributed by atoms with Gasteiger partial charge >= 0.3 is 0 Å². The molecule has 0 radical (unpaired) electrons. The van der Waals surface area contributed by atoms with Gasteiger partial charge in [0.15, 0.2) is 5.11 Å². The Morgan fingerprint density at radius 3 is 2.62 bits per heavy atom. The minimum atomic E-state index is -0.0508. The lowest BCUT2D eigenvalue weighted by atomic mass is 9.96. The maximum Gasteiger partial charge on any atom is 0.170 e. The van der Waals surface area contributed by atoms with E-state index < -0.39 is 0 Å². The molecule has 0 saturated carbocycles. The first-order chi connectivity index (χ1) is 15.5. The normalized spacial score (nSPS) is 18.2. The number of aromatic nitrogens is 2. The number of hydrogen-bond donors (Lipinski definition) is 1. The number of furan rings is 1. The topological polar surface area (TPSA) is 46.2 Å². The average molecular weight is 443 g/mol. The molecule has 1 aliphatic rings. The van der Waals surface area contributed by atoms with Crippen LogP contribution in [0.15, 0.2) is 77.5 Å². The number of nitrogens with one attached hydrogen (secondary N) is 1. The first kappa shape index (κ1) is 20.5. The smallest absolute Gasteiger partial charge is 0.170 e. The van der Waals surface area contributed by atoms with Crippen LogP contribution in [0.5, 0.6) is 0 Å². The third-order valence-corrected chi connectivity index (χ3v) is 6.51. The first-order valence-corrected chi connectivity index (χ1v) is 11.2. The Kier molecular flexibility index (Phi) is 5.31. The van der Waals surface area contributed by atoms with Crippen molar-refractivity contribution in [3.63, 3.8) is 0 Å². The highest BCUT2D eigenvalue weighted by Gasteiger charge is 2.41. The first-order valence-electron chi connectivity index (χ1n) is 10.8. The highest BCUT2D eigenvalue weighted by atomic mass is 32.1. The Labute approximate surface area is 193 Å². The summed E-state index contributed by atoms with van der Waals surface area (Å²) in [6.45, 7) is 7.07. The summed E-state index contributed by atoms with van der Waals surface area (Å²) >= 11 is 5.80. The van der Waals surface area contributed by atoms with Gasteiger partial charge in [-0.15, -0.1) is 0 Å². The van der Waals surface area contributed by atoms with Crippen LogP contribution in [-0.4, -0.2) is 19.6 Å². The van der Waals surface area contributed by atoms with Crippen LogP contribution in [0.1, 0.15) is 46.1 Å². The van der Waals surface area contributed by atoms with Crippen LogP contribution in [0.4, 0.5) is 0 Å². The standard InChI is InChI=1S/C26H26N4OS/c1-17-8-6-9-20(14-17)30-18(2)15-22(19(30)3)25-24(23-11-4-5-12-27-23)28-26(32)29(25)16-21-10-7-13-31-21/h4-15,24-25H,16H2,1-3H3,(H,28,32)/t24-,25+/m1/s1. The average Bonchev–Trinajstić information content (AvgIpc) is 3.48. The zero-order valence-electron chi connectivity index (χ0n) is 18.4. The van der Waals surface area contributed by atoms with Crippen molar-refractivity contribution in [2.24, 2.45) is 0 Å². The summed E-state index contributed by atoms with van der Waals surface area (Å²) < 4.78 is 7.98. The molecular weight excluding hydrogens is 416 g/mol. The molecule has 3 aromatic heterocycles. The quantitative estimate of drug-likeness (QED) is 0.410. The molecule has 5 rings (SSSR count). The van der Waals surface area contributed by atoms with E-state index in [1.54, 1.807) is 6.26 Å². The molecule has 0 amide bonds. The predicted molar refractivity (Wildman–Crippen MR) is 130 cm³/mol. The van der Waals surface area contributed by atoms with Crippen molar-refractivity contribution in [2.45, 2.75) is 39.4 Å². The van der Waals surface area contributed by atoms with Crippen LogP contribution in [-0.2, 0) is 6.54 Å². The molecule has 5 nitrogen and oxygen atoms in total. The van der Waals surface area contributed by atoms with Crippen molar-refractivity contribution in [3.8, 4) is 5.69 Å². The minimum Gasteiger partial charge on any atom is -0.467 e. The van der Waals surface area contributed by atoms with Gasteiger partial charge in [-0.05, 0) is 86.6 Å². The number of pyridine rings is 1. The zero-order valence-corrected chi connectivity index (χ0v) is 19.3. The molecule has 1 aromatic carbocycles. The van der Waals surface area contributed by atoms with E-state index in [2.05, 4.69) is 76.9 Å². The predicted octanol–water partition coefficient (Wildman–Crippen LogP) is 5.56. The van der Waals surface area contributed by atoms with E-state index in [1.165, 1.54) is 28.2 Å². The van der Waals surface area contributed by atoms with Gasteiger partial charge in [-0.3, -0.25) is 4.98 Å². The maximum atomic E-state index is 5.80. The molecule has 2 atom stereocenters. The van der Waals surface area contributed by atoms with E-state index in [-0.39, 0.29) is 12.1 Å². The van der Waals surface area contributed by atoms with Gasteiger partial charge in [-0.25, -0.2) is 0 Å². The molecule has 0 spiro atoms. The summed E-state index contributed by atoms with van der Waals surface area (Å²) in [6, 6.07) is 20.8. The Morgan fingerprint density at radius 1 is 1.03 bits per heavy atom. The fourth-order valence-electron chi connectivity index (χ4n) is 4.74. The molecule has 1 saturated heterocycles. The van der Waals surface area contributed by atoms with Gasteiger partial charge in [0.25, 0.3) is 0 Å². The van der Waals surface area contributed by atoms with Gasteiger partial charge in [0, 0.05) is 23.3 Å². The monoisotopic (exact) mass is 442 g/mol. The fraction of sp³-hybridized carbons (Fsp3) is 0.231. The molecule has 6 heteroatoms. The molecule has 4 heterocycles. The number of nitrogens with zero attached hydrogens (tertiary/aromatic N) is 3. The van der Waals surface area contributed by atoms with Crippen LogP contribution in [0.2, 0.25) is 0 Å². The van der Waals surface area contributed by atoms with Gasteiger partial charge in [0.1, 0.15) is 5.76 Å². The summed E-state index contributed by atoms with van der Waals surface area (Å²) in [5.41, 5.74) is 7.02. The highest BCUT2D eigenvalue weighted by Crippen LogP contribution is 2.42. The van der Waals surface area contributed by atoms with E-state index in [4.69, 9.17) is 16.6 Å². The molecule has 0 unspecified atom stereocenters. The molecular formula is C26H26N4OS. The van der Waals surface area contributed by atoms with E-state index in [0.29, 0.717) is 11.7 Å². The molecule has 32 heavy (non-hydrogen) atoms. The number of aryl methyl sites for hydroxylation is 2. The molecule has 162 valence electrons. The van der Waals surface area contributed by atoms with Gasteiger partial charge in [0.05, 0.1) is 30.6 Å². The van der Waals surface area contributed by atoms with Crippen molar-refractivity contribution >= 4 is 17.3 Å². The Bertz CT molecular complexity index is 1250. The third-order valence-electron chi connectivity index (χ3n) is 6.15. The van der Waals surface area contributed by atoms with E-state index in [9.17, 15) is 0 Å². The van der Waals surface area contributed by atoms with E-state index in [1.807, 2.05) is 30.5 Å². The number of rotatable bonds is 5. The van der Waals surface area contributed by atoms with Crippen molar-refractivity contribution < 1.29 is 4.42 Å². The lowest BCUT2D eigenvalue weighted by Crippen LogP contribution is -2.29. The summed E-state index contributed by atoms with van der Waals surface area (Å²) in [7, 11) is 0. The van der Waals surface area contributed by atoms with Crippen LogP contribution < -0.4 is 5.32 Å². The molecule has 0 bridgehead atoms.